The molecule has 2 aromatic rings. The highest BCUT2D eigenvalue weighted by molar-refractivity contribution is 7.92. The van der Waals surface area contributed by atoms with Crippen molar-refractivity contribution in [3.8, 4) is 0 Å². The average Bonchev–Trinajstić information content (AvgIpc) is 2.54. The Balaban J connectivity index is 2.24. The summed E-state index contributed by atoms with van der Waals surface area (Å²) in [6.07, 6.45) is 1.00. The van der Waals surface area contributed by atoms with Crippen molar-refractivity contribution >= 4 is 21.7 Å². The lowest BCUT2D eigenvalue weighted by molar-refractivity contribution is -0.255. The lowest BCUT2D eigenvalue weighted by Gasteiger charge is -2.12. The van der Waals surface area contributed by atoms with Gasteiger partial charge in [-0.2, -0.15) is 0 Å². The number of carbonyl (C=O) groups is 1. The van der Waals surface area contributed by atoms with E-state index in [9.17, 15) is 18.3 Å². The largest absolute Gasteiger partial charge is 0.545 e. The predicted molar refractivity (Wildman–Crippen MR) is 86.7 cm³/mol. The summed E-state index contributed by atoms with van der Waals surface area (Å²) < 4.78 is 27.1. The molecule has 0 aliphatic heterocycles. The Morgan fingerprint density at radius 3 is 2.39 bits per heavy atom. The first-order valence-corrected chi connectivity index (χ1v) is 8.76. The van der Waals surface area contributed by atoms with Gasteiger partial charge in [0.1, 0.15) is 0 Å². The third kappa shape index (κ3) is 4.10. The van der Waals surface area contributed by atoms with E-state index in [4.69, 9.17) is 0 Å². The van der Waals surface area contributed by atoms with Crippen LogP contribution in [0.1, 0.15) is 42.1 Å². The van der Waals surface area contributed by atoms with Gasteiger partial charge in [0.05, 0.1) is 10.9 Å². The number of aromatic carboxylic acids is 1. The van der Waals surface area contributed by atoms with Gasteiger partial charge in [0, 0.05) is 5.69 Å². The van der Waals surface area contributed by atoms with Crippen molar-refractivity contribution in [2.45, 2.75) is 31.1 Å². The monoisotopic (exact) mass is 332 g/mol. The summed E-state index contributed by atoms with van der Waals surface area (Å²) in [5, 5.41) is 10.8. The molecular formula is C17H18NO4S-. The molecule has 1 N–H and O–H groups in total. The lowest BCUT2D eigenvalue weighted by Crippen LogP contribution is -2.23. The maximum absolute atomic E-state index is 12.3. The van der Waals surface area contributed by atoms with Gasteiger partial charge in [-0.3, -0.25) is 4.72 Å². The minimum Gasteiger partial charge on any atom is -0.545 e. The smallest absolute Gasteiger partial charge is 0.261 e. The minimum absolute atomic E-state index is 0.120. The molecule has 2 rings (SSSR count). The Kier molecular flexibility index (Phi) is 5.05. The lowest BCUT2D eigenvalue weighted by atomic mass is 9.99. The van der Waals surface area contributed by atoms with E-state index in [-0.39, 0.29) is 10.5 Å². The molecule has 0 saturated heterocycles. The SMILES string of the molecule is CC[C@H](C)c1ccc(NS(=O)(=O)c2cccc(C(=O)[O-])c2)cc1. The second-order valence-corrected chi connectivity index (χ2v) is 7.03. The van der Waals surface area contributed by atoms with Gasteiger partial charge in [0.2, 0.25) is 0 Å². The Morgan fingerprint density at radius 1 is 1.17 bits per heavy atom. The summed E-state index contributed by atoms with van der Waals surface area (Å²) in [7, 11) is -3.85. The van der Waals surface area contributed by atoms with Gasteiger partial charge in [-0.05, 0) is 47.7 Å². The molecule has 0 aliphatic carbocycles. The maximum Gasteiger partial charge on any atom is 0.261 e. The first kappa shape index (κ1) is 17.0. The predicted octanol–water partition coefficient (Wildman–Crippen LogP) is 2.36. The van der Waals surface area contributed by atoms with E-state index in [1.54, 1.807) is 12.1 Å². The van der Waals surface area contributed by atoms with Crippen molar-refractivity contribution in [1.29, 1.82) is 0 Å². The highest BCUT2D eigenvalue weighted by Crippen LogP contribution is 2.22. The number of hydrogen-bond donors (Lipinski definition) is 1. The van der Waals surface area contributed by atoms with Crippen molar-refractivity contribution in [3.05, 3.63) is 59.7 Å². The van der Waals surface area contributed by atoms with Gasteiger partial charge in [-0.25, -0.2) is 8.42 Å². The van der Waals surface area contributed by atoms with Gasteiger partial charge in [0.25, 0.3) is 10.0 Å². The maximum atomic E-state index is 12.3. The molecule has 6 heteroatoms. The van der Waals surface area contributed by atoms with E-state index in [0.29, 0.717) is 11.6 Å². The van der Waals surface area contributed by atoms with Gasteiger partial charge in [0.15, 0.2) is 0 Å². The van der Waals surface area contributed by atoms with Crippen LogP contribution in [0.4, 0.5) is 5.69 Å². The molecule has 0 amide bonds. The molecule has 0 fully saturated rings. The fraction of sp³-hybridized carbons (Fsp3) is 0.235. The quantitative estimate of drug-likeness (QED) is 0.880. The number of hydrogen-bond acceptors (Lipinski definition) is 4. The first-order chi connectivity index (χ1) is 10.8. The Labute approximate surface area is 136 Å². The molecule has 0 radical (unpaired) electrons. The summed E-state index contributed by atoms with van der Waals surface area (Å²) in [6, 6.07) is 12.2. The van der Waals surface area contributed by atoms with Crippen molar-refractivity contribution < 1.29 is 18.3 Å². The van der Waals surface area contributed by atoms with Crippen LogP contribution in [0.25, 0.3) is 0 Å². The third-order valence-corrected chi connectivity index (χ3v) is 5.10. The fourth-order valence-corrected chi connectivity index (χ4v) is 3.22. The number of sulfonamides is 1. The molecule has 0 unspecified atom stereocenters. The van der Waals surface area contributed by atoms with E-state index in [1.165, 1.54) is 18.2 Å². The average molecular weight is 332 g/mol. The fourth-order valence-electron chi connectivity index (χ4n) is 2.12. The molecular weight excluding hydrogens is 314 g/mol. The summed E-state index contributed by atoms with van der Waals surface area (Å²) in [6.45, 7) is 4.19. The summed E-state index contributed by atoms with van der Waals surface area (Å²) in [5.41, 5.74) is 1.38. The zero-order valence-corrected chi connectivity index (χ0v) is 13.8. The van der Waals surface area contributed by atoms with Gasteiger partial charge < -0.3 is 9.90 Å². The molecule has 0 saturated carbocycles. The molecule has 0 heterocycles. The molecule has 2 aromatic carbocycles. The second-order valence-electron chi connectivity index (χ2n) is 5.35. The second kappa shape index (κ2) is 6.83. The van der Waals surface area contributed by atoms with E-state index < -0.39 is 16.0 Å². The number of rotatable bonds is 6. The summed E-state index contributed by atoms with van der Waals surface area (Å²) >= 11 is 0. The van der Waals surface area contributed by atoms with Crippen molar-refractivity contribution in [1.82, 2.24) is 0 Å². The molecule has 1 atom stereocenters. The number of carboxylic acids is 1. The van der Waals surface area contributed by atoms with Crippen LogP contribution in [0.2, 0.25) is 0 Å². The van der Waals surface area contributed by atoms with Crippen LogP contribution in [0.3, 0.4) is 0 Å². The van der Waals surface area contributed by atoms with Crippen molar-refractivity contribution in [2.75, 3.05) is 4.72 Å². The van der Waals surface area contributed by atoms with E-state index in [2.05, 4.69) is 18.6 Å². The zero-order chi connectivity index (χ0) is 17.0. The van der Waals surface area contributed by atoms with Gasteiger partial charge in [-0.15, -0.1) is 0 Å². The molecule has 5 nitrogen and oxygen atoms in total. The highest BCUT2D eigenvalue weighted by Gasteiger charge is 2.15. The molecule has 23 heavy (non-hydrogen) atoms. The normalized spacial score (nSPS) is 12.6. The topological polar surface area (TPSA) is 86.3 Å². The van der Waals surface area contributed by atoms with Gasteiger partial charge in [-0.1, -0.05) is 38.1 Å². The minimum atomic E-state index is -3.85. The van der Waals surface area contributed by atoms with Crippen molar-refractivity contribution in [3.63, 3.8) is 0 Å². The number of nitrogens with one attached hydrogen (secondary N) is 1. The molecule has 0 aliphatic rings. The first-order valence-electron chi connectivity index (χ1n) is 7.27. The zero-order valence-electron chi connectivity index (χ0n) is 12.9. The number of carbonyl (C=O) groups excluding carboxylic acids is 1. The van der Waals surface area contributed by atoms with E-state index >= 15 is 0 Å². The highest BCUT2D eigenvalue weighted by atomic mass is 32.2. The molecule has 0 aromatic heterocycles. The number of benzene rings is 2. The van der Waals surface area contributed by atoms with E-state index in [1.807, 2.05) is 12.1 Å². The Bertz CT molecular complexity index is 798. The summed E-state index contributed by atoms with van der Waals surface area (Å²) in [4.78, 5) is 10.7. The van der Waals surface area contributed by atoms with Crippen LogP contribution in [0.5, 0.6) is 0 Å². The Hall–Kier alpha value is -2.34. The number of carboxylic acid groups (broad SMARTS) is 1. The molecule has 0 bridgehead atoms. The standard InChI is InChI=1S/C17H19NO4S/c1-3-12(2)13-7-9-15(10-8-13)18-23(21,22)16-6-4-5-14(11-16)17(19)20/h4-12,18H,3H2,1-2H3,(H,19,20)/p-1/t12-/m0/s1. The van der Waals surface area contributed by atoms with Crippen LogP contribution in [0, 0.1) is 0 Å². The van der Waals surface area contributed by atoms with E-state index in [0.717, 1.165) is 18.1 Å². The number of anilines is 1. The third-order valence-electron chi connectivity index (χ3n) is 3.72. The van der Waals surface area contributed by atoms with Crippen molar-refractivity contribution in [2.24, 2.45) is 0 Å². The summed E-state index contributed by atoms with van der Waals surface area (Å²) in [5.74, 6) is -1.01. The van der Waals surface area contributed by atoms with Crippen LogP contribution < -0.4 is 9.83 Å². The molecule has 122 valence electrons. The van der Waals surface area contributed by atoms with Crippen LogP contribution in [0.15, 0.2) is 53.4 Å². The van der Waals surface area contributed by atoms with Crippen LogP contribution >= 0.6 is 0 Å². The van der Waals surface area contributed by atoms with Crippen LogP contribution in [-0.2, 0) is 10.0 Å². The Morgan fingerprint density at radius 2 is 1.83 bits per heavy atom. The van der Waals surface area contributed by atoms with Crippen LogP contribution in [-0.4, -0.2) is 14.4 Å². The van der Waals surface area contributed by atoms with Gasteiger partial charge >= 0.3 is 0 Å². The molecule has 0 spiro atoms.